The largest absolute Gasteiger partial charge is 0.456 e. The van der Waals surface area contributed by atoms with Gasteiger partial charge in [0.25, 0.3) is 5.24 Å². The molecule has 0 amide bonds. The van der Waals surface area contributed by atoms with Gasteiger partial charge in [-0.2, -0.15) is 0 Å². The van der Waals surface area contributed by atoms with Crippen molar-refractivity contribution in [1.82, 2.24) is 0 Å². The van der Waals surface area contributed by atoms with Crippen LogP contribution in [-0.4, -0.2) is 5.24 Å². The van der Waals surface area contributed by atoms with E-state index in [0.717, 1.165) is 10.7 Å². The number of carbonyl (C=O) groups excluding carboxylic acids is 1. The van der Waals surface area contributed by atoms with Crippen molar-refractivity contribution in [3.63, 3.8) is 0 Å². The number of carbonyl (C=O) groups is 1. The van der Waals surface area contributed by atoms with Gasteiger partial charge in [0.05, 0.1) is 5.75 Å². The van der Waals surface area contributed by atoms with Gasteiger partial charge in [-0.1, -0.05) is 18.2 Å². The summed E-state index contributed by atoms with van der Waals surface area (Å²) >= 11 is 6.94. The van der Waals surface area contributed by atoms with Crippen molar-refractivity contribution in [2.75, 3.05) is 0 Å². The molecule has 2 aromatic rings. The van der Waals surface area contributed by atoms with Gasteiger partial charge < -0.3 is 4.42 Å². The molecule has 0 atom stereocenters. The molecule has 0 fully saturated rings. The van der Waals surface area contributed by atoms with Crippen molar-refractivity contribution in [3.8, 4) is 0 Å². The number of halogens is 1. The number of rotatable bonds is 4. The van der Waals surface area contributed by atoms with Crippen molar-refractivity contribution in [2.45, 2.75) is 10.6 Å². The van der Waals surface area contributed by atoms with Crippen molar-refractivity contribution >= 4 is 28.6 Å². The highest BCUT2D eigenvalue weighted by Gasteiger charge is 2.07. The van der Waals surface area contributed by atoms with Gasteiger partial charge in [-0.05, 0) is 35.9 Å². The minimum absolute atomic E-state index is 0.199. The minimum atomic E-state index is -0.559. The first-order valence-electron chi connectivity index (χ1n) is 4.72. The Kier molecular flexibility index (Phi) is 3.70. The van der Waals surface area contributed by atoms with Crippen LogP contribution in [0.15, 0.2) is 51.8 Å². The quantitative estimate of drug-likeness (QED) is 0.610. The van der Waals surface area contributed by atoms with Crippen LogP contribution in [0.4, 0.5) is 0 Å². The molecular formula is C12H9ClO2S. The Morgan fingerprint density at radius 1 is 1.19 bits per heavy atom. The number of hydrogen-bond acceptors (Lipinski definition) is 3. The maximum atomic E-state index is 10.8. The lowest BCUT2D eigenvalue weighted by atomic mass is 10.4. The Morgan fingerprint density at radius 2 is 1.94 bits per heavy atom. The van der Waals surface area contributed by atoms with Crippen LogP contribution in [0.1, 0.15) is 16.3 Å². The second kappa shape index (κ2) is 5.23. The molecule has 2 nitrogen and oxygen atoms in total. The predicted octanol–water partition coefficient (Wildman–Crippen LogP) is 3.95. The summed E-state index contributed by atoms with van der Waals surface area (Å²) in [4.78, 5) is 12.0. The smallest absolute Gasteiger partial charge is 0.287 e. The predicted molar refractivity (Wildman–Crippen MR) is 64.9 cm³/mol. The Morgan fingerprint density at radius 3 is 2.56 bits per heavy atom. The van der Waals surface area contributed by atoms with E-state index in [0.29, 0.717) is 5.75 Å². The van der Waals surface area contributed by atoms with E-state index >= 15 is 0 Å². The first-order chi connectivity index (χ1) is 7.75. The third kappa shape index (κ3) is 2.90. The van der Waals surface area contributed by atoms with E-state index in [1.807, 2.05) is 30.3 Å². The van der Waals surface area contributed by atoms with E-state index < -0.39 is 5.24 Å². The normalized spacial score (nSPS) is 10.3. The molecule has 2 rings (SSSR count). The molecule has 0 aliphatic carbocycles. The van der Waals surface area contributed by atoms with Gasteiger partial charge >= 0.3 is 0 Å². The SMILES string of the molecule is O=C(Cl)c1ccc(CSc2ccccc2)o1. The summed E-state index contributed by atoms with van der Waals surface area (Å²) in [6.45, 7) is 0. The highest BCUT2D eigenvalue weighted by Crippen LogP contribution is 2.23. The van der Waals surface area contributed by atoms with Gasteiger partial charge in [-0.25, -0.2) is 0 Å². The molecular weight excluding hydrogens is 244 g/mol. The van der Waals surface area contributed by atoms with Crippen LogP contribution in [-0.2, 0) is 5.75 Å². The van der Waals surface area contributed by atoms with Gasteiger partial charge in [0.1, 0.15) is 5.76 Å². The monoisotopic (exact) mass is 252 g/mol. The average molecular weight is 253 g/mol. The lowest BCUT2D eigenvalue weighted by Crippen LogP contribution is -1.82. The second-order valence-electron chi connectivity index (χ2n) is 3.14. The summed E-state index contributed by atoms with van der Waals surface area (Å²) in [7, 11) is 0. The molecule has 0 unspecified atom stereocenters. The van der Waals surface area contributed by atoms with Crippen molar-refractivity contribution in [2.24, 2.45) is 0 Å². The maximum absolute atomic E-state index is 10.8. The average Bonchev–Trinajstić information content (AvgIpc) is 2.76. The molecule has 0 bridgehead atoms. The van der Waals surface area contributed by atoms with E-state index in [4.69, 9.17) is 16.0 Å². The summed E-state index contributed by atoms with van der Waals surface area (Å²) in [6.07, 6.45) is 0. The Balaban J connectivity index is 1.97. The molecule has 82 valence electrons. The van der Waals surface area contributed by atoms with Gasteiger partial charge in [0, 0.05) is 4.90 Å². The standard InChI is InChI=1S/C12H9ClO2S/c13-12(14)11-7-6-9(15-11)8-16-10-4-2-1-3-5-10/h1-7H,8H2. The molecule has 0 N–H and O–H groups in total. The zero-order valence-corrected chi connectivity index (χ0v) is 9.92. The highest BCUT2D eigenvalue weighted by molar-refractivity contribution is 7.98. The van der Waals surface area contributed by atoms with Gasteiger partial charge in [-0.3, -0.25) is 4.79 Å². The van der Waals surface area contributed by atoms with Gasteiger partial charge in [0.15, 0.2) is 5.76 Å². The van der Waals surface area contributed by atoms with E-state index in [-0.39, 0.29) is 5.76 Å². The third-order valence-corrected chi connectivity index (χ3v) is 3.20. The van der Waals surface area contributed by atoms with Crippen LogP contribution in [0, 0.1) is 0 Å². The first-order valence-corrected chi connectivity index (χ1v) is 6.08. The van der Waals surface area contributed by atoms with Crippen molar-refractivity contribution < 1.29 is 9.21 Å². The first kappa shape index (κ1) is 11.3. The molecule has 0 aliphatic rings. The number of hydrogen-bond donors (Lipinski definition) is 0. The zero-order chi connectivity index (χ0) is 11.4. The molecule has 0 saturated carbocycles. The van der Waals surface area contributed by atoms with Crippen LogP contribution in [0.2, 0.25) is 0 Å². The summed E-state index contributed by atoms with van der Waals surface area (Å²) in [6, 6.07) is 13.4. The molecule has 1 aromatic carbocycles. The molecule has 0 aliphatic heterocycles. The number of thioether (sulfide) groups is 1. The lowest BCUT2D eigenvalue weighted by molar-refractivity contribution is 0.105. The fraction of sp³-hybridized carbons (Fsp3) is 0.0833. The van der Waals surface area contributed by atoms with E-state index in [2.05, 4.69) is 0 Å². The molecule has 4 heteroatoms. The molecule has 0 saturated heterocycles. The lowest BCUT2D eigenvalue weighted by Gasteiger charge is -1.97. The molecule has 0 radical (unpaired) electrons. The maximum Gasteiger partial charge on any atom is 0.287 e. The van der Waals surface area contributed by atoms with E-state index in [1.54, 1.807) is 23.9 Å². The van der Waals surface area contributed by atoms with Crippen LogP contribution in [0.5, 0.6) is 0 Å². The van der Waals surface area contributed by atoms with Crippen molar-refractivity contribution in [1.29, 1.82) is 0 Å². The Bertz CT molecular complexity index is 479. The Labute approximate surface area is 103 Å². The van der Waals surface area contributed by atoms with E-state index in [9.17, 15) is 4.79 Å². The highest BCUT2D eigenvalue weighted by atomic mass is 35.5. The zero-order valence-electron chi connectivity index (χ0n) is 8.35. The van der Waals surface area contributed by atoms with E-state index in [1.165, 1.54) is 0 Å². The fourth-order valence-corrected chi connectivity index (χ4v) is 2.15. The summed E-state index contributed by atoms with van der Waals surface area (Å²) in [5, 5.41) is -0.559. The van der Waals surface area contributed by atoms with Crippen molar-refractivity contribution in [3.05, 3.63) is 54.0 Å². The molecule has 1 aromatic heterocycles. The summed E-state index contributed by atoms with van der Waals surface area (Å²) in [5.41, 5.74) is 0. The minimum Gasteiger partial charge on any atom is -0.456 e. The fourth-order valence-electron chi connectivity index (χ4n) is 1.23. The molecule has 1 heterocycles. The van der Waals surface area contributed by atoms with Crippen LogP contribution < -0.4 is 0 Å². The molecule has 0 spiro atoms. The topological polar surface area (TPSA) is 30.2 Å². The molecule has 16 heavy (non-hydrogen) atoms. The van der Waals surface area contributed by atoms with Crippen LogP contribution in [0.25, 0.3) is 0 Å². The van der Waals surface area contributed by atoms with Crippen LogP contribution >= 0.6 is 23.4 Å². The third-order valence-electron chi connectivity index (χ3n) is 1.98. The number of furan rings is 1. The summed E-state index contributed by atoms with van der Waals surface area (Å²) < 4.78 is 5.26. The summed E-state index contributed by atoms with van der Waals surface area (Å²) in [5.74, 6) is 1.64. The second-order valence-corrected chi connectivity index (χ2v) is 4.53. The van der Waals surface area contributed by atoms with Gasteiger partial charge in [0.2, 0.25) is 0 Å². The van der Waals surface area contributed by atoms with Gasteiger partial charge in [-0.15, -0.1) is 11.8 Å². The van der Waals surface area contributed by atoms with Crippen LogP contribution in [0.3, 0.4) is 0 Å². The Hall–Kier alpha value is -1.19. The number of benzene rings is 1.